The van der Waals surface area contributed by atoms with Crippen molar-refractivity contribution in [3.63, 3.8) is 0 Å². The molecule has 0 atom stereocenters. The fraction of sp³-hybridized carbons (Fsp3) is 0.500. The highest BCUT2D eigenvalue weighted by Crippen LogP contribution is 2.30. The standard InChI is InChI=1S/C10H15N3/c1-11-8-5-10(7-12-6-8)13(2)9-3-4-9/h5-7,9,11H,3-4H2,1-2H3. The second-order valence-electron chi connectivity index (χ2n) is 3.52. The van der Waals surface area contributed by atoms with Gasteiger partial charge in [-0.3, -0.25) is 4.98 Å². The average Bonchev–Trinajstić information content (AvgIpc) is 3.00. The van der Waals surface area contributed by atoms with E-state index in [-0.39, 0.29) is 0 Å². The molecule has 1 heterocycles. The molecule has 70 valence electrons. The molecule has 0 radical (unpaired) electrons. The summed E-state index contributed by atoms with van der Waals surface area (Å²) in [5.41, 5.74) is 2.28. The Morgan fingerprint density at radius 2 is 2.23 bits per heavy atom. The van der Waals surface area contributed by atoms with Crippen molar-refractivity contribution in [1.82, 2.24) is 4.98 Å². The highest BCUT2D eigenvalue weighted by atomic mass is 15.2. The van der Waals surface area contributed by atoms with Crippen molar-refractivity contribution in [1.29, 1.82) is 0 Å². The second kappa shape index (κ2) is 3.24. The number of hydrogen-bond donors (Lipinski definition) is 1. The van der Waals surface area contributed by atoms with E-state index in [4.69, 9.17) is 0 Å². The lowest BCUT2D eigenvalue weighted by atomic mass is 10.3. The molecule has 0 aliphatic heterocycles. The summed E-state index contributed by atoms with van der Waals surface area (Å²) in [5.74, 6) is 0. The third-order valence-corrected chi connectivity index (χ3v) is 2.51. The minimum Gasteiger partial charge on any atom is -0.387 e. The van der Waals surface area contributed by atoms with Crippen LogP contribution in [0, 0.1) is 0 Å². The van der Waals surface area contributed by atoms with Gasteiger partial charge in [-0.2, -0.15) is 0 Å². The van der Waals surface area contributed by atoms with Gasteiger partial charge in [-0.15, -0.1) is 0 Å². The molecule has 1 aliphatic carbocycles. The molecule has 0 saturated heterocycles. The summed E-state index contributed by atoms with van der Waals surface area (Å²) in [6, 6.07) is 2.87. The van der Waals surface area contributed by atoms with Crippen LogP contribution in [-0.4, -0.2) is 25.1 Å². The molecule has 0 bridgehead atoms. The van der Waals surface area contributed by atoms with Gasteiger partial charge in [-0.1, -0.05) is 0 Å². The molecule has 0 spiro atoms. The fourth-order valence-corrected chi connectivity index (χ4v) is 1.43. The first kappa shape index (κ1) is 8.35. The van der Waals surface area contributed by atoms with E-state index in [1.54, 1.807) is 0 Å². The normalized spacial score (nSPS) is 15.5. The molecule has 0 unspecified atom stereocenters. The molecule has 1 saturated carbocycles. The number of nitrogens with one attached hydrogen (secondary N) is 1. The van der Waals surface area contributed by atoms with Gasteiger partial charge in [0.05, 0.1) is 23.8 Å². The van der Waals surface area contributed by atoms with E-state index in [9.17, 15) is 0 Å². The summed E-state index contributed by atoms with van der Waals surface area (Å²) < 4.78 is 0. The van der Waals surface area contributed by atoms with Crippen LogP contribution in [0.2, 0.25) is 0 Å². The predicted molar refractivity (Wildman–Crippen MR) is 55.2 cm³/mol. The first-order valence-electron chi connectivity index (χ1n) is 4.67. The number of anilines is 2. The van der Waals surface area contributed by atoms with Crippen LogP contribution >= 0.6 is 0 Å². The number of rotatable bonds is 3. The minimum atomic E-state index is 0.744. The van der Waals surface area contributed by atoms with E-state index in [0.717, 1.165) is 11.7 Å². The monoisotopic (exact) mass is 177 g/mol. The summed E-state index contributed by atoms with van der Waals surface area (Å²) in [7, 11) is 4.05. The summed E-state index contributed by atoms with van der Waals surface area (Å²) >= 11 is 0. The average molecular weight is 177 g/mol. The van der Waals surface area contributed by atoms with E-state index in [0.29, 0.717) is 0 Å². The van der Waals surface area contributed by atoms with Crippen LogP contribution in [0.15, 0.2) is 18.5 Å². The second-order valence-corrected chi connectivity index (χ2v) is 3.52. The largest absolute Gasteiger partial charge is 0.387 e. The molecule has 13 heavy (non-hydrogen) atoms. The van der Waals surface area contributed by atoms with Crippen molar-refractivity contribution in [3.05, 3.63) is 18.5 Å². The van der Waals surface area contributed by atoms with Crippen LogP contribution in [-0.2, 0) is 0 Å². The van der Waals surface area contributed by atoms with Crippen LogP contribution < -0.4 is 10.2 Å². The van der Waals surface area contributed by atoms with Crippen molar-refractivity contribution < 1.29 is 0 Å². The molecule has 0 aromatic carbocycles. The Morgan fingerprint density at radius 3 is 2.85 bits per heavy atom. The molecule has 2 rings (SSSR count). The zero-order chi connectivity index (χ0) is 9.26. The summed E-state index contributed by atoms with van der Waals surface area (Å²) in [4.78, 5) is 6.48. The van der Waals surface area contributed by atoms with E-state index in [2.05, 4.69) is 28.3 Å². The zero-order valence-corrected chi connectivity index (χ0v) is 8.12. The Balaban J connectivity index is 2.18. The van der Waals surface area contributed by atoms with Gasteiger partial charge in [0.1, 0.15) is 0 Å². The maximum absolute atomic E-state index is 4.18. The molecular weight excluding hydrogens is 162 g/mol. The third-order valence-electron chi connectivity index (χ3n) is 2.51. The van der Waals surface area contributed by atoms with Gasteiger partial charge in [0.25, 0.3) is 0 Å². The summed E-state index contributed by atoms with van der Waals surface area (Å²) in [5, 5.41) is 3.09. The molecule has 3 nitrogen and oxygen atoms in total. The van der Waals surface area contributed by atoms with Crippen molar-refractivity contribution in [2.75, 3.05) is 24.3 Å². The van der Waals surface area contributed by atoms with E-state index >= 15 is 0 Å². The third kappa shape index (κ3) is 1.74. The Labute approximate surface area is 78.8 Å². The highest BCUT2D eigenvalue weighted by molar-refractivity contribution is 5.55. The molecule has 0 amide bonds. The van der Waals surface area contributed by atoms with Crippen molar-refractivity contribution in [2.45, 2.75) is 18.9 Å². The maximum Gasteiger partial charge on any atom is 0.0573 e. The molecule has 1 N–H and O–H groups in total. The van der Waals surface area contributed by atoms with Gasteiger partial charge in [-0.25, -0.2) is 0 Å². The van der Waals surface area contributed by atoms with Gasteiger partial charge in [0, 0.05) is 20.1 Å². The molecule has 1 aromatic rings. The molecule has 1 aliphatic rings. The zero-order valence-electron chi connectivity index (χ0n) is 8.12. The van der Waals surface area contributed by atoms with E-state index in [1.165, 1.54) is 18.5 Å². The Hall–Kier alpha value is -1.25. The first-order valence-corrected chi connectivity index (χ1v) is 4.67. The summed E-state index contributed by atoms with van der Waals surface area (Å²) in [6.07, 6.45) is 6.39. The van der Waals surface area contributed by atoms with E-state index < -0.39 is 0 Å². The van der Waals surface area contributed by atoms with Crippen LogP contribution in [0.4, 0.5) is 11.4 Å². The SMILES string of the molecule is CNc1cncc(N(C)C2CC2)c1. The van der Waals surface area contributed by atoms with E-state index in [1.807, 2.05) is 19.4 Å². The first-order chi connectivity index (χ1) is 6.31. The number of nitrogens with zero attached hydrogens (tertiary/aromatic N) is 2. The molecular formula is C10H15N3. The van der Waals surface area contributed by atoms with Crippen LogP contribution in [0.3, 0.4) is 0 Å². The van der Waals surface area contributed by atoms with Gasteiger partial charge < -0.3 is 10.2 Å². The lowest BCUT2D eigenvalue weighted by Crippen LogP contribution is -2.19. The Morgan fingerprint density at radius 1 is 1.46 bits per heavy atom. The van der Waals surface area contributed by atoms with Crippen molar-refractivity contribution >= 4 is 11.4 Å². The van der Waals surface area contributed by atoms with Gasteiger partial charge in [0.15, 0.2) is 0 Å². The van der Waals surface area contributed by atoms with Crippen LogP contribution in [0.25, 0.3) is 0 Å². The summed E-state index contributed by atoms with van der Waals surface area (Å²) in [6.45, 7) is 0. The highest BCUT2D eigenvalue weighted by Gasteiger charge is 2.26. The Kier molecular flexibility index (Phi) is 2.08. The fourth-order valence-electron chi connectivity index (χ4n) is 1.43. The van der Waals surface area contributed by atoms with Crippen molar-refractivity contribution in [3.8, 4) is 0 Å². The van der Waals surface area contributed by atoms with Crippen LogP contribution in [0.5, 0.6) is 0 Å². The van der Waals surface area contributed by atoms with Gasteiger partial charge in [-0.05, 0) is 18.9 Å². The topological polar surface area (TPSA) is 28.2 Å². The number of hydrogen-bond acceptors (Lipinski definition) is 3. The molecule has 3 heteroatoms. The lowest BCUT2D eigenvalue weighted by Gasteiger charge is -2.18. The van der Waals surface area contributed by atoms with Crippen LogP contribution in [0.1, 0.15) is 12.8 Å². The molecule has 1 fully saturated rings. The number of aromatic nitrogens is 1. The number of pyridine rings is 1. The quantitative estimate of drug-likeness (QED) is 0.762. The minimum absolute atomic E-state index is 0.744. The van der Waals surface area contributed by atoms with Gasteiger partial charge >= 0.3 is 0 Å². The predicted octanol–water partition coefficient (Wildman–Crippen LogP) is 1.72. The lowest BCUT2D eigenvalue weighted by molar-refractivity contribution is 0.912. The smallest absolute Gasteiger partial charge is 0.0573 e. The molecule has 1 aromatic heterocycles. The van der Waals surface area contributed by atoms with Crippen molar-refractivity contribution in [2.24, 2.45) is 0 Å². The van der Waals surface area contributed by atoms with Gasteiger partial charge in [0.2, 0.25) is 0 Å². The maximum atomic E-state index is 4.18. The Bertz CT molecular complexity index is 294.